The zero-order chi connectivity index (χ0) is 20.6. The quantitative estimate of drug-likeness (QED) is 0.653. The Bertz CT molecular complexity index is 794. The Morgan fingerprint density at radius 1 is 1.17 bits per heavy atom. The van der Waals surface area contributed by atoms with Crippen LogP contribution in [0.1, 0.15) is 16.7 Å². The van der Waals surface area contributed by atoms with Crippen molar-refractivity contribution in [2.45, 2.75) is 25.6 Å². The Kier molecular flexibility index (Phi) is 7.63. The predicted octanol–water partition coefficient (Wildman–Crippen LogP) is 2.09. The number of aliphatic hydroxyl groups excluding tert-OH is 1. The number of nitrogens with zero attached hydrogens (tertiary/aromatic N) is 2. The van der Waals surface area contributed by atoms with Crippen LogP contribution < -0.4 is 4.74 Å². The summed E-state index contributed by atoms with van der Waals surface area (Å²) < 4.78 is 10.4. The summed E-state index contributed by atoms with van der Waals surface area (Å²) in [7, 11) is 3.26. The number of rotatable bonds is 9. The molecule has 6 nitrogen and oxygen atoms in total. The number of aliphatic hydroxyl groups is 1. The summed E-state index contributed by atoms with van der Waals surface area (Å²) in [6, 6.07) is 16.2. The summed E-state index contributed by atoms with van der Waals surface area (Å²) in [6.45, 7) is 3.60. The average Bonchev–Trinajstić information content (AvgIpc) is 2.73. The molecule has 156 valence electrons. The lowest BCUT2D eigenvalue weighted by Gasteiger charge is -2.30. The van der Waals surface area contributed by atoms with Crippen LogP contribution in [0, 0.1) is 0 Å². The second kappa shape index (κ2) is 10.4. The van der Waals surface area contributed by atoms with Crippen LogP contribution in [0.5, 0.6) is 5.75 Å². The van der Waals surface area contributed by atoms with Gasteiger partial charge in [0.2, 0.25) is 0 Å². The Morgan fingerprint density at radius 3 is 2.62 bits per heavy atom. The lowest BCUT2D eigenvalue weighted by atomic mass is 10.00. The molecule has 0 amide bonds. The van der Waals surface area contributed by atoms with Gasteiger partial charge in [0.05, 0.1) is 13.7 Å². The number of benzene rings is 2. The van der Waals surface area contributed by atoms with Crippen molar-refractivity contribution < 1.29 is 19.4 Å². The summed E-state index contributed by atoms with van der Waals surface area (Å²) in [4.78, 5) is 15.5. The number of methoxy groups -OCH3 is 1. The monoisotopic (exact) mass is 398 g/mol. The van der Waals surface area contributed by atoms with Gasteiger partial charge >= 0.3 is 5.97 Å². The maximum atomic E-state index is 11.3. The fourth-order valence-corrected chi connectivity index (χ4v) is 3.60. The van der Waals surface area contributed by atoms with Gasteiger partial charge in [0, 0.05) is 26.2 Å². The number of β-amino-alcohol motifs (C(OH)–C–C–N with tert-alkyl or cyclic N) is 1. The first-order chi connectivity index (χ1) is 14.0. The van der Waals surface area contributed by atoms with Gasteiger partial charge in [0.15, 0.2) is 0 Å². The van der Waals surface area contributed by atoms with Gasteiger partial charge in [-0.25, -0.2) is 0 Å². The number of hydrogen-bond acceptors (Lipinski definition) is 6. The minimum atomic E-state index is -0.536. The van der Waals surface area contributed by atoms with Gasteiger partial charge in [0.1, 0.15) is 18.5 Å². The topological polar surface area (TPSA) is 62.2 Å². The van der Waals surface area contributed by atoms with E-state index in [1.165, 1.54) is 18.2 Å². The van der Waals surface area contributed by atoms with Gasteiger partial charge in [0.25, 0.3) is 0 Å². The summed E-state index contributed by atoms with van der Waals surface area (Å²) in [6.07, 6.45) is 0.487. The first kappa shape index (κ1) is 21.3. The third-order valence-electron chi connectivity index (χ3n) is 5.12. The van der Waals surface area contributed by atoms with Gasteiger partial charge in [-0.1, -0.05) is 36.4 Å². The van der Waals surface area contributed by atoms with Crippen LogP contribution in [-0.4, -0.2) is 67.4 Å². The Labute approximate surface area is 172 Å². The standard InChI is InChI=1S/C23H30N2O4/c1-24(16-23(27)28-2)13-18-7-9-22(10-8-18)29-17-21(26)15-25-12-11-19-5-3-4-6-20(19)14-25/h3-10,21,26H,11-17H2,1-2H3. The second-order valence-electron chi connectivity index (χ2n) is 7.61. The predicted molar refractivity (Wildman–Crippen MR) is 112 cm³/mol. The number of carbonyl (C=O) groups excluding carboxylic acids is 1. The van der Waals surface area contributed by atoms with Crippen LogP contribution in [0.25, 0.3) is 0 Å². The molecule has 1 aliphatic heterocycles. The fourth-order valence-electron chi connectivity index (χ4n) is 3.60. The Morgan fingerprint density at radius 2 is 1.90 bits per heavy atom. The summed E-state index contributed by atoms with van der Waals surface area (Å²) >= 11 is 0. The van der Waals surface area contributed by atoms with E-state index in [2.05, 4.69) is 33.9 Å². The van der Waals surface area contributed by atoms with Crippen molar-refractivity contribution in [1.29, 1.82) is 0 Å². The summed E-state index contributed by atoms with van der Waals surface area (Å²) in [5, 5.41) is 10.4. The SMILES string of the molecule is COC(=O)CN(C)Cc1ccc(OCC(O)CN2CCc3ccccc3C2)cc1. The van der Waals surface area contributed by atoms with E-state index in [0.29, 0.717) is 13.1 Å². The van der Waals surface area contributed by atoms with Gasteiger partial charge < -0.3 is 14.6 Å². The van der Waals surface area contributed by atoms with Gasteiger partial charge in [-0.15, -0.1) is 0 Å². The summed E-state index contributed by atoms with van der Waals surface area (Å²) in [5.74, 6) is 0.478. The van der Waals surface area contributed by atoms with Crippen LogP contribution in [-0.2, 0) is 29.0 Å². The number of carbonyl (C=O) groups is 1. The van der Waals surface area contributed by atoms with E-state index in [1.807, 2.05) is 36.2 Å². The van der Waals surface area contributed by atoms with E-state index in [4.69, 9.17) is 4.74 Å². The van der Waals surface area contributed by atoms with Crippen LogP contribution in [0.4, 0.5) is 0 Å². The highest BCUT2D eigenvalue weighted by Gasteiger charge is 2.18. The highest BCUT2D eigenvalue weighted by atomic mass is 16.5. The molecule has 0 aliphatic carbocycles. The molecule has 0 radical (unpaired) electrons. The lowest BCUT2D eigenvalue weighted by Crippen LogP contribution is -2.38. The molecule has 1 N–H and O–H groups in total. The van der Waals surface area contributed by atoms with E-state index in [0.717, 1.165) is 30.8 Å². The van der Waals surface area contributed by atoms with Crippen molar-refractivity contribution in [2.24, 2.45) is 0 Å². The molecule has 1 aliphatic rings. The molecule has 2 aromatic rings. The molecule has 6 heteroatoms. The molecule has 1 unspecified atom stereocenters. The van der Waals surface area contributed by atoms with E-state index in [9.17, 15) is 9.90 Å². The highest BCUT2D eigenvalue weighted by Crippen LogP contribution is 2.19. The Hall–Kier alpha value is -2.41. The van der Waals surface area contributed by atoms with Crippen LogP contribution in [0.3, 0.4) is 0 Å². The molecule has 0 bridgehead atoms. The molecule has 0 spiro atoms. The van der Waals surface area contributed by atoms with Crippen LogP contribution in [0.2, 0.25) is 0 Å². The molecule has 0 aromatic heterocycles. The van der Waals surface area contributed by atoms with E-state index < -0.39 is 6.10 Å². The molecule has 3 rings (SSSR count). The summed E-state index contributed by atoms with van der Waals surface area (Å²) in [5.41, 5.74) is 3.84. The maximum absolute atomic E-state index is 11.3. The highest BCUT2D eigenvalue weighted by molar-refractivity contribution is 5.71. The van der Waals surface area contributed by atoms with E-state index in [1.54, 1.807) is 0 Å². The number of esters is 1. The molecule has 1 heterocycles. The Balaban J connectivity index is 1.41. The molecular weight excluding hydrogens is 368 g/mol. The molecule has 1 atom stereocenters. The first-order valence-corrected chi connectivity index (χ1v) is 9.98. The number of hydrogen-bond donors (Lipinski definition) is 1. The second-order valence-corrected chi connectivity index (χ2v) is 7.61. The average molecular weight is 399 g/mol. The van der Waals surface area contributed by atoms with Gasteiger partial charge in [-0.2, -0.15) is 0 Å². The molecule has 0 saturated carbocycles. The maximum Gasteiger partial charge on any atom is 0.319 e. The number of fused-ring (bicyclic) bond motifs is 1. The van der Waals surface area contributed by atoms with Crippen LogP contribution in [0.15, 0.2) is 48.5 Å². The fraction of sp³-hybridized carbons (Fsp3) is 0.435. The smallest absolute Gasteiger partial charge is 0.319 e. The minimum absolute atomic E-state index is 0.251. The van der Waals surface area contributed by atoms with Gasteiger partial charge in [-0.05, 0) is 42.3 Å². The van der Waals surface area contributed by atoms with Crippen molar-refractivity contribution in [3.8, 4) is 5.75 Å². The van der Waals surface area contributed by atoms with E-state index >= 15 is 0 Å². The third kappa shape index (κ3) is 6.56. The minimum Gasteiger partial charge on any atom is -0.491 e. The zero-order valence-corrected chi connectivity index (χ0v) is 17.2. The van der Waals surface area contributed by atoms with Crippen molar-refractivity contribution >= 4 is 5.97 Å². The van der Waals surface area contributed by atoms with Crippen molar-refractivity contribution in [2.75, 3.05) is 40.4 Å². The van der Waals surface area contributed by atoms with Crippen LogP contribution >= 0.6 is 0 Å². The molecule has 0 saturated heterocycles. The van der Waals surface area contributed by atoms with E-state index in [-0.39, 0.29) is 19.1 Å². The number of ether oxygens (including phenoxy) is 2. The van der Waals surface area contributed by atoms with Crippen molar-refractivity contribution in [3.63, 3.8) is 0 Å². The molecular formula is C23H30N2O4. The van der Waals surface area contributed by atoms with Gasteiger partial charge in [-0.3, -0.25) is 14.6 Å². The van der Waals surface area contributed by atoms with Crippen molar-refractivity contribution in [3.05, 3.63) is 65.2 Å². The molecule has 0 fully saturated rings. The number of likely N-dealkylation sites (N-methyl/N-ethyl adjacent to an activating group) is 1. The molecule has 29 heavy (non-hydrogen) atoms. The molecule has 2 aromatic carbocycles. The lowest BCUT2D eigenvalue weighted by molar-refractivity contribution is -0.141. The third-order valence-corrected chi connectivity index (χ3v) is 5.12. The largest absolute Gasteiger partial charge is 0.491 e. The van der Waals surface area contributed by atoms with Crippen molar-refractivity contribution in [1.82, 2.24) is 9.80 Å². The normalized spacial score (nSPS) is 15.0. The zero-order valence-electron chi connectivity index (χ0n) is 17.2. The first-order valence-electron chi connectivity index (χ1n) is 9.98.